The standard InChI is InChI=1S/C25H25N3O3/c1-31-25(30)18-10-11-23(26-14-18)27-15-19-13-20(16-27)22(12-17-6-3-2-4-7-17)28-21(19)8-5-9-24(28)29/h2-11,14,19-20,22H,12-13,15-16H2,1H3/t19-,20+,22+/m1/s1. The molecule has 3 aromatic rings. The van der Waals surface area contributed by atoms with E-state index in [-0.39, 0.29) is 23.5 Å². The molecule has 0 spiro atoms. The third-order valence-corrected chi connectivity index (χ3v) is 6.58. The normalized spacial score (nSPS) is 22.0. The molecule has 2 aliphatic rings. The summed E-state index contributed by atoms with van der Waals surface area (Å²) >= 11 is 0. The second-order valence-corrected chi connectivity index (χ2v) is 8.41. The predicted octanol–water partition coefficient (Wildman–Crippen LogP) is 3.44. The number of ether oxygens (including phenoxy) is 1. The number of carbonyl (C=O) groups is 1. The van der Waals surface area contributed by atoms with Gasteiger partial charge < -0.3 is 14.2 Å². The van der Waals surface area contributed by atoms with Gasteiger partial charge in [0.15, 0.2) is 0 Å². The van der Waals surface area contributed by atoms with Crippen LogP contribution in [0.2, 0.25) is 0 Å². The second kappa shape index (κ2) is 8.02. The minimum Gasteiger partial charge on any atom is -0.465 e. The summed E-state index contributed by atoms with van der Waals surface area (Å²) in [5, 5.41) is 0. The molecule has 158 valence electrons. The van der Waals surface area contributed by atoms with Gasteiger partial charge in [0.2, 0.25) is 0 Å². The number of nitrogens with zero attached hydrogens (tertiary/aromatic N) is 3. The van der Waals surface area contributed by atoms with E-state index in [0.29, 0.717) is 11.5 Å². The van der Waals surface area contributed by atoms with E-state index in [0.717, 1.165) is 37.4 Å². The molecule has 0 saturated carbocycles. The molecular weight excluding hydrogens is 390 g/mol. The van der Waals surface area contributed by atoms with Crippen LogP contribution in [-0.2, 0) is 11.2 Å². The van der Waals surface area contributed by atoms with Gasteiger partial charge in [0, 0.05) is 43.0 Å². The molecule has 2 bridgehead atoms. The molecule has 0 amide bonds. The van der Waals surface area contributed by atoms with Gasteiger partial charge in [0.1, 0.15) is 5.82 Å². The number of carbonyl (C=O) groups excluding carboxylic acids is 1. The zero-order chi connectivity index (χ0) is 21.4. The summed E-state index contributed by atoms with van der Waals surface area (Å²) in [5.41, 5.74) is 2.88. The van der Waals surface area contributed by atoms with Gasteiger partial charge in [0.25, 0.3) is 5.56 Å². The van der Waals surface area contributed by atoms with Crippen molar-refractivity contribution in [2.45, 2.75) is 24.8 Å². The van der Waals surface area contributed by atoms with Crippen LogP contribution in [0.1, 0.15) is 40.0 Å². The Morgan fingerprint density at radius 3 is 2.65 bits per heavy atom. The van der Waals surface area contributed by atoms with Crippen molar-refractivity contribution >= 4 is 11.8 Å². The lowest BCUT2D eigenvalue weighted by Gasteiger charge is -2.47. The van der Waals surface area contributed by atoms with Gasteiger partial charge in [-0.1, -0.05) is 36.4 Å². The summed E-state index contributed by atoms with van der Waals surface area (Å²) < 4.78 is 6.82. The molecule has 2 aromatic heterocycles. The van der Waals surface area contributed by atoms with Crippen LogP contribution < -0.4 is 10.5 Å². The maximum absolute atomic E-state index is 12.9. The van der Waals surface area contributed by atoms with Crippen molar-refractivity contribution in [3.63, 3.8) is 0 Å². The van der Waals surface area contributed by atoms with E-state index in [2.05, 4.69) is 40.2 Å². The van der Waals surface area contributed by atoms with E-state index in [1.54, 1.807) is 18.3 Å². The molecule has 1 aromatic carbocycles. The van der Waals surface area contributed by atoms with Crippen molar-refractivity contribution < 1.29 is 9.53 Å². The molecule has 1 saturated heterocycles. The van der Waals surface area contributed by atoms with Crippen molar-refractivity contribution in [3.8, 4) is 0 Å². The van der Waals surface area contributed by atoms with E-state index >= 15 is 0 Å². The van der Waals surface area contributed by atoms with Crippen LogP contribution in [0.25, 0.3) is 0 Å². The average Bonchev–Trinajstić information content (AvgIpc) is 2.82. The number of benzene rings is 1. The average molecular weight is 415 g/mol. The third-order valence-electron chi connectivity index (χ3n) is 6.58. The summed E-state index contributed by atoms with van der Waals surface area (Å²) in [7, 11) is 1.37. The Hall–Kier alpha value is -3.41. The van der Waals surface area contributed by atoms with Crippen molar-refractivity contribution in [1.82, 2.24) is 9.55 Å². The number of hydrogen-bond donors (Lipinski definition) is 0. The Balaban J connectivity index is 1.49. The van der Waals surface area contributed by atoms with E-state index < -0.39 is 0 Å². The smallest absolute Gasteiger partial charge is 0.339 e. The van der Waals surface area contributed by atoms with Gasteiger partial charge in [0.05, 0.1) is 12.7 Å². The zero-order valence-corrected chi connectivity index (χ0v) is 17.5. The maximum atomic E-state index is 12.9. The number of rotatable bonds is 4. The Bertz CT molecular complexity index is 1140. The molecule has 0 unspecified atom stereocenters. The SMILES string of the molecule is COC(=O)c1ccc(N2C[C@H]3C[C@@H](C2)[C@H](Cc2ccccc2)n2c3cccc2=O)nc1. The molecule has 5 rings (SSSR count). The summed E-state index contributed by atoms with van der Waals surface area (Å²) in [6, 6.07) is 19.8. The van der Waals surface area contributed by atoms with Gasteiger partial charge in [-0.05, 0) is 42.5 Å². The first-order valence-corrected chi connectivity index (χ1v) is 10.7. The summed E-state index contributed by atoms with van der Waals surface area (Å²) in [6.45, 7) is 1.64. The molecule has 2 aliphatic heterocycles. The largest absolute Gasteiger partial charge is 0.465 e. The summed E-state index contributed by atoms with van der Waals surface area (Å²) in [6.07, 6.45) is 3.47. The monoisotopic (exact) mass is 415 g/mol. The number of anilines is 1. The first-order valence-electron chi connectivity index (χ1n) is 10.7. The quantitative estimate of drug-likeness (QED) is 0.611. The van der Waals surface area contributed by atoms with E-state index in [4.69, 9.17) is 4.74 Å². The van der Waals surface area contributed by atoms with Crippen molar-refractivity contribution in [2.75, 3.05) is 25.1 Å². The fraction of sp³-hybridized carbons (Fsp3) is 0.320. The van der Waals surface area contributed by atoms with Gasteiger partial charge in [-0.25, -0.2) is 9.78 Å². The predicted molar refractivity (Wildman–Crippen MR) is 119 cm³/mol. The van der Waals surface area contributed by atoms with Crippen LogP contribution in [0.4, 0.5) is 5.82 Å². The Labute approximate surface area is 181 Å². The molecule has 31 heavy (non-hydrogen) atoms. The lowest BCUT2D eigenvalue weighted by molar-refractivity contribution is 0.0600. The second-order valence-electron chi connectivity index (χ2n) is 8.41. The van der Waals surface area contributed by atoms with Crippen LogP contribution in [0.5, 0.6) is 0 Å². The Morgan fingerprint density at radius 1 is 1.06 bits per heavy atom. The number of aromatic nitrogens is 2. The number of pyridine rings is 2. The van der Waals surface area contributed by atoms with Gasteiger partial charge in [-0.3, -0.25) is 4.79 Å². The van der Waals surface area contributed by atoms with Crippen LogP contribution >= 0.6 is 0 Å². The van der Waals surface area contributed by atoms with Crippen molar-refractivity contribution in [1.29, 1.82) is 0 Å². The molecule has 4 heterocycles. The summed E-state index contributed by atoms with van der Waals surface area (Å²) in [4.78, 5) is 31.4. The maximum Gasteiger partial charge on any atom is 0.339 e. The molecule has 0 radical (unpaired) electrons. The Kier molecular flexibility index (Phi) is 5.06. The molecule has 6 heteroatoms. The minimum absolute atomic E-state index is 0.0853. The summed E-state index contributed by atoms with van der Waals surface area (Å²) in [5.74, 6) is 1.09. The highest BCUT2D eigenvalue weighted by Gasteiger charge is 2.40. The Morgan fingerprint density at radius 2 is 1.90 bits per heavy atom. The van der Waals surface area contributed by atoms with Crippen LogP contribution in [0, 0.1) is 5.92 Å². The first kappa shape index (κ1) is 19.5. The third kappa shape index (κ3) is 3.63. The zero-order valence-electron chi connectivity index (χ0n) is 17.5. The van der Waals surface area contributed by atoms with Crippen LogP contribution in [0.3, 0.4) is 0 Å². The molecule has 0 aliphatic carbocycles. The number of esters is 1. The van der Waals surface area contributed by atoms with Crippen LogP contribution in [0.15, 0.2) is 71.7 Å². The molecular formula is C25H25N3O3. The number of fused-ring (bicyclic) bond motifs is 4. The topological polar surface area (TPSA) is 64.4 Å². The van der Waals surface area contributed by atoms with Crippen LogP contribution in [-0.4, -0.2) is 35.7 Å². The lowest BCUT2D eigenvalue weighted by atomic mass is 9.76. The number of hydrogen-bond acceptors (Lipinski definition) is 5. The van der Waals surface area contributed by atoms with Gasteiger partial charge in [-0.2, -0.15) is 0 Å². The highest BCUT2D eigenvalue weighted by Crippen LogP contribution is 2.43. The van der Waals surface area contributed by atoms with Crippen molar-refractivity contribution in [3.05, 3.63) is 94.0 Å². The highest BCUT2D eigenvalue weighted by atomic mass is 16.5. The van der Waals surface area contributed by atoms with Gasteiger partial charge >= 0.3 is 5.97 Å². The first-order chi connectivity index (χ1) is 15.1. The molecule has 6 nitrogen and oxygen atoms in total. The number of methoxy groups -OCH3 is 1. The molecule has 1 fully saturated rings. The van der Waals surface area contributed by atoms with E-state index in [1.165, 1.54) is 12.7 Å². The fourth-order valence-corrected chi connectivity index (χ4v) is 5.16. The molecule has 0 N–H and O–H groups in total. The number of piperidine rings is 1. The minimum atomic E-state index is -0.384. The fourth-order valence-electron chi connectivity index (χ4n) is 5.16. The molecule has 3 atom stereocenters. The lowest BCUT2D eigenvalue weighted by Crippen LogP contribution is -2.50. The van der Waals surface area contributed by atoms with E-state index in [9.17, 15) is 9.59 Å². The van der Waals surface area contributed by atoms with Crippen molar-refractivity contribution in [2.24, 2.45) is 5.92 Å². The van der Waals surface area contributed by atoms with Gasteiger partial charge in [-0.15, -0.1) is 0 Å². The highest BCUT2D eigenvalue weighted by molar-refractivity contribution is 5.89. The van der Waals surface area contributed by atoms with E-state index in [1.807, 2.05) is 22.8 Å².